The van der Waals surface area contributed by atoms with Gasteiger partial charge in [0, 0.05) is 40.1 Å². The van der Waals surface area contributed by atoms with E-state index in [1.807, 2.05) is 11.8 Å². The summed E-state index contributed by atoms with van der Waals surface area (Å²) in [6, 6.07) is 3.90. The smallest absolute Gasteiger partial charge is 0.383 e. The molecule has 6 nitrogen and oxygen atoms in total. The average molecular weight is 506 g/mol. The summed E-state index contributed by atoms with van der Waals surface area (Å²) in [7, 11) is 0. The fraction of sp³-hybridized carbons (Fsp3) is 0.476. The van der Waals surface area contributed by atoms with Crippen LogP contribution in [-0.4, -0.2) is 40.9 Å². The monoisotopic (exact) mass is 505 g/mol. The van der Waals surface area contributed by atoms with Crippen molar-refractivity contribution in [2.45, 2.75) is 45.5 Å². The molecule has 0 aromatic carbocycles. The van der Waals surface area contributed by atoms with E-state index in [0.717, 1.165) is 12.5 Å². The molecule has 0 spiro atoms. The Morgan fingerprint density at radius 1 is 1.39 bits per heavy atom. The van der Waals surface area contributed by atoms with Gasteiger partial charge in [0.15, 0.2) is 0 Å². The number of carbonyl (C=O) groups is 1. The van der Waals surface area contributed by atoms with Gasteiger partial charge in [0.25, 0.3) is 0 Å². The minimum atomic E-state index is -4.73. The average Bonchev–Trinajstić information content (AvgIpc) is 2.67. The van der Waals surface area contributed by atoms with Crippen molar-refractivity contribution in [1.29, 1.82) is 0 Å². The van der Waals surface area contributed by atoms with Crippen LogP contribution in [0, 0.1) is 5.92 Å². The van der Waals surface area contributed by atoms with Gasteiger partial charge in [-0.05, 0) is 53.4 Å². The molecule has 1 aliphatic heterocycles. The van der Waals surface area contributed by atoms with Gasteiger partial charge in [0.05, 0.1) is 11.1 Å². The fourth-order valence-corrected chi connectivity index (χ4v) is 4.19. The second-order valence-corrected chi connectivity index (χ2v) is 9.19. The van der Waals surface area contributed by atoms with Crippen LogP contribution in [0.2, 0.25) is 0 Å². The number of nitrogens with one attached hydrogen (secondary N) is 1. The highest BCUT2D eigenvalue weighted by Crippen LogP contribution is 2.34. The molecule has 1 aliphatic rings. The summed E-state index contributed by atoms with van der Waals surface area (Å²) in [6.07, 6.45) is -2.44. The van der Waals surface area contributed by atoms with Crippen LogP contribution < -0.4 is 16.0 Å². The normalized spacial score (nSPS) is 19.7. The SMILES string of the molecule is CC(C)C[C@H]1CN(c2ccc(C(F)(F)F)c(C(=O)c3cc(Br)cnc3N)n2)C[C@H](C)N1.[HH].[HH].[HH]. The van der Waals surface area contributed by atoms with Crippen molar-refractivity contribution < 1.29 is 22.2 Å². The van der Waals surface area contributed by atoms with Crippen molar-refractivity contribution in [2.24, 2.45) is 5.92 Å². The third-order valence-corrected chi connectivity index (χ3v) is 5.50. The van der Waals surface area contributed by atoms with Crippen molar-refractivity contribution in [1.82, 2.24) is 15.3 Å². The Labute approximate surface area is 192 Å². The zero-order valence-corrected chi connectivity index (χ0v) is 19.1. The Bertz CT molecular complexity index is 979. The Balaban J connectivity index is 0.00000363. The first-order valence-corrected chi connectivity index (χ1v) is 10.8. The predicted octanol–water partition coefficient (Wildman–Crippen LogP) is 5.02. The molecular formula is C21H31BrF3N5O. The number of halogens is 4. The number of hydrogen-bond acceptors (Lipinski definition) is 6. The molecule has 1 fully saturated rings. The maximum absolute atomic E-state index is 13.7. The van der Waals surface area contributed by atoms with Crippen LogP contribution in [-0.2, 0) is 6.18 Å². The van der Waals surface area contributed by atoms with Crippen molar-refractivity contribution in [3.8, 4) is 0 Å². The molecule has 174 valence electrons. The third kappa shape index (κ3) is 5.54. The second-order valence-electron chi connectivity index (χ2n) is 8.28. The van der Waals surface area contributed by atoms with E-state index in [9.17, 15) is 18.0 Å². The van der Waals surface area contributed by atoms with Crippen LogP contribution in [0.1, 0.15) is 53.1 Å². The second kappa shape index (κ2) is 9.12. The van der Waals surface area contributed by atoms with Gasteiger partial charge in [-0.15, -0.1) is 0 Å². The molecule has 31 heavy (non-hydrogen) atoms. The van der Waals surface area contributed by atoms with E-state index >= 15 is 0 Å². The highest BCUT2D eigenvalue weighted by atomic mass is 79.9. The van der Waals surface area contributed by atoms with E-state index in [2.05, 4.69) is 45.1 Å². The number of piperazine rings is 1. The molecule has 0 radical (unpaired) electrons. The number of nitrogens with two attached hydrogens (primary N) is 1. The van der Waals surface area contributed by atoms with Gasteiger partial charge < -0.3 is 16.0 Å². The molecule has 0 unspecified atom stereocenters. The summed E-state index contributed by atoms with van der Waals surface area (Å²) in [5, 5.41) is 3.51. The Morgan fingerprint density at radius 2 is 2.10 bits per heavy atom. The maximum Gasteiger partial charge on any atom is 0.418 e. The topological polar surface area (TPSA) is 84.1 Å². The number of hydrogen-bond donors (Lipinski definition) is 2. The van der Waals surface area contributed by atoms with Crippen LogP contribution >= 0.6 is 15.9 Å². The lowest BCUT2D eigenvalue weighted by atomic mass is 9.99. The standard InChI is InChI=1S/C21H25BrF3N5O.3H2/c1-11(2)6-14-10-30(9-12(3)28-14)17-5-4-16(21(23,24)25)18(29-17)19(31)15-7-13(22)8-27-20(15)26;;;/h4-5,7-8,11-12,14,28H,6,9-10H2,1-3H3,(H2,26,27);3*1H/t12-,14-;;;/m0.../s1. The number of rotatable bonds is 5. The highest BCUT2D eigenvalue weighted by Gasteiger charge is 2.38. The Morgan fingerprint density at radius 3 is 2.74 bits per heavy atom. The maximum atomic E-state index is 13.7. The molecule has 0 amide bonds. The lowest BCUT2D eigenvalue weighted by Crippen LogP contribution is -2.56. The molecule has 0 aliphatic carbocycles. The van der Waals surface area contributed by atoms with Gasteiger partial charge >= 0.3 is 6.18 Å². The van der Waals surface area contributed by atoms with Gasteiger partial charge in [-0.25, -0.2) is 9.97 Å². The van der Waals surface area contributed by atoms with Crippen molar-refractivity contribution in [3.05, 3.63) is 45.7 Å². The number of carbonyl (C=O) groups excluding carboxylic acids is 1. The van der Waals surface area contributed by atoms with Crippen molar-refractivity contribution in [3.63, 3.8) is 0 Å². The van der Waals surface area contributed by atoms with Gasteiger partial charge in [-0.3, -0.25) is 4.79 Å². The first-order valence-electron chi connectivity index (χ1n) is 10.0. The van der Waals surface area contributed by atoms with Crippen LogP contribution in [0.25, 0.3) is 0 Å². The highest BCUT2D eigenvalue weighted by molar-refractivity contribution is 9.10. The van der Waals surface area contributed by atoms with Gasteiger partial charge in [-0.1, -0.05) is 13.8 Å². The molecule has 0 saturated carbocycles. The fourth-order valence-electron chi connectivity index (χ4n) is 3.86. The lowest BCUT2D eigenvalue weighted by Gasteiger charge is -2.39. The molecular weight excluding hydrogens is 475 g/mol. The molecule has 2 aromatic heterocycles. The summed E-state index contributed by atoms with van der Waals surface area (Å²) in [5.41, 5.74) is 3.87. The first kappa shape index (κ1) is 23.5. The number of ketones is 1. The molecule has 3 N–H and O–H groups in total. The molecule has 3 heterocycles. The zero-order valence-electron chi connectivity index (χ0n) is 17.5. The van der Waals surface area contributed by atoms with E-state index < -0.39 is 23.2 Å². The predicted molar refractivity (Wildman–Crippen MR) is 123 cm³/mol. The molecule has 2 atom stereocenters. The van der Waals surface area contributed by atoms with Crippen molar-refractivity contribution >= 4 is 33.3 Å². The number of anilines is 2. The van der Waals surface area contributed by atoms with Crippen LogP contribution in [0.3, 0.4) is 0 Å². The number of nitrogen functional groups attached to an aromatic ring is 1. The van der Waals surface area contributed by atoms with E-state index in [0.29, 0.717) is 29.3 Å². The molecule has 0 bridgehead atoms. The quantitative estimate of drug-likeness (QED) is 0.554. The molecule has 2 aromatic rings. The summed E-state index contributed by atoms with van der Waals surface area (Å²) in [6.45, 7) is 7.42. The Kier molecular flexibility index (Phi) is 6.90. The van der Waals surface area contributed by atoms with E-state index in [4.69, 9.17) is 5.73 Å². The van der Waals surface area contributed by atoms with Gasteiger partial charge in [0.2, 0.25) is 5.78 Å². The number of nitrogens with zero attached hydrogens (tertiary/aromatic N) is 3. The van der Waals surface area contributed by atoms with Crippen LogP contribution in [0.5, 0.6) is 0 Å². The molecule has 3 rings (SSSR count). The van der Waals surface area contributed by atoms with Crippen molar-refractivity contribution in [2.75, 3.05) is 23.7 Å². The molecule has 10 heteroatoms. The summed E-state index contributed by atoms with van der Waals surface area (Å²) in [4.78, 5) is 23.0. The summed E-state index contributed by atoms with van der Waals surface area (Å²) >= 11 is 3.18. The minimum absolute atomic E-state index is 0. The summed E-state index contributed by atoms with van der Waals surface area (Å²) in [5.74, 6) is -0.266. The van der Waals surface area contributed by atoms with E-state index in [1.165, 1.54) is 18.3 Å². The largest absolute Gasteiger partial charge is 0.418 e. The van der Waals surface area contributed by atoms with E-state index in [-0.39, 0.29) is 27.7 Å². The van der Waals surface area contributed by atoms with Gasteiger partial charge in [-0.2, -0.15) is 13.2 Å². The zero-order chi connectivity index (χ0) is 22.9. The third-order valence-electron chi connectivity index (χ3n) is 5.07. The van der Waals surface area contributed by atoms with Gasteiger partial charge in [0.1, 0.15) is 17.3 Å². The molecule has 1 saturated heterocycles. The van der Waals surface area contributed by atoms with Crippen LogP contribution in [0.15, 0.2) is 28.9 Å². The summed E-state index contributed by atoms with van der Waals surface area (Å²) < 4.78 is 41.5. The minimum Gasteiger partial charge on any atom is -0.383 e. The number of aromatic nitrogens is 2. The number of alkyl halides is 3. The lowest BCUT2D eigenvalue weighted by molar-refractivity contribution is -0.138. The first-order chi connectivity index (χ1) is 14.5. The Hall–Kier alpha value is -2.20. The van der Waals surface area contributed by atoms with Crippen LogP contribution in [0.4, 0.5) is 24.8 Å². The van der Waals surface area contributed by atoms with E-state index in [1.54, 1.807) is 0 Å². The number of pyridine rings is 2.